The summed E-state index contributed by atoms with van der Waals surface area (Å²) in [4.78, 5) is 0. The van der Waals surface area contributed by atoms with Crippen molar-refractivity contribution in [3.05, 3.63) is 18.0 Å². The number of aliphatic hydroxyl groups excluding tert-OH is 1. The van der Waals surface area contributed by atoms with E-state index in [1.807, 2.05) is 16.9 Å². The monoisotopic (exact) mass is 225 g/mol. The molecule has 4 heteroatoms. The topological polar surface area (TPSA) is 50.1 Å². The fourth-order valence-corrected chi connectivity index (χ4v) is 1.73. The third-order valence-electron chi connectivity index (χ3n) is 2.55. The fourth-order valence-electron chi connectivity index (χ4n) is 1.73. The van der Waals surface area contributed by atoms with Gasteiger partial charge in [-0.2, -0.15) is 5.10 Å². The first-order valence-electron chi connectivity index (χ1n) is 6.17. The summed E-state index contributed by atoms with van der Waals surface area (Å²) in [5, 5.41) is 17.1. The van der Waals surface area contributed by atoms with Crippen LogP contribution in [0.1, 0.15) is 38.8 Å². The number of aromatic nitrogens is 2. The van der Waals surface area contributed by atoms with Crippen molar-refractivity contribution in [1.29, 1.82) is 0 Å². The molecular formula is C12H23N3O. The van der Waals surface area contributed by atoms with Gasteiger partial charge in [-0.15, -0.1) is 0 Å². The predicted octanol–water partition coefficient (Wildman–Crippen LogP) is 1.54. The highest BCUT2D eigenvalue weighted by Gasteiger charge is 2.04. The number of rotatable bonds is 8. The largest absolute Gasteiger partial charge is 0.392 e. The molecule has 16 heavy (non-hydrogen) atoms. The maximum atomic E-state index is 9.57. The van der Waals surface area contributed by atoms with Crippen LogP contribution >= 0.6 is 0 Å². The normalized spacial score (nSPS) is 12.9. The first kappa shape index (κ1) is 13.2. The number of nitrogens with one attached hydrogen (secondary N) is 1. The first-order chi connectivity index (χ1) is 7.77. The van der Waals surface area contributed by atoms with Gasteiger partial charge in [0.2, 0.25) is 0 Å². The molecule has 0 bridgehead atoms. The molecule has 0 amide bonds. The van der Waals surface area contributed by atoms with E-state index in [-0.39, 0.29) is 6.10 Å². The molecule has 0 aliphatic heterocycles. The van der Waals surface area contributed by atoms with Gasteiger partial charge in [0.25, 0.3) is 0 Å². The van der Waals surface area contributed by atoms with Gasteiger partial charge in [0.05, 0.1) is 11.8 Å². The number of nitrogens with zero attached hydrogens (tertiary/aromatic N) is 2. The zero-order valence-electron chi connectivity index (χ0n) is 10.3. The van der Waals surface area contributed by atoms with E-state index in [0.717, 1.165) is 32.4 Å². The number of hydrogen-bond donors (Lipinski definition) is 2. The van der Waals surface area contributed by atoms with Crippen LogP contribution in [0.2, 0.25) is 0 Å². The second kappa shape index (κ2) is 7.41. The Bertz CT molecular complexity index is 286. The van der Waals surface area contributed by atoms with Crippen LogP contribution in [0.5, 0.6) is 0 Å². The van der Waals surface area contributed by atoms with E-state index in [1.165, 1.54) is 5.69 Å². The van der Waals surface area contributed by atoms with Gasteiger partial charge in [0, 0.05) is 25.8 Å². The van der Waals surface area contributed by atoms with E-state index < -0.39 is 0 Å². The second-order valence-corrected chi connectivity index (χ2v) is 4.12. The van der Waals surface area contributed by atoms with Crippen molar-refractivity contribution in [3.63, 3.8) is 0 Å². The Balaban J connectivity index is 2.28. The SMILES string of the molecule is CCCC(O)CNCc1ccnn1CCC. The lowest BCUT2D eigenvalue weighted by atomic mass is 10.2. The minimum atomic E-state index is -0.229. The maximum absolute atomic E-state index is 9.57. The van der Waals surface area contributed by atoms with Gasteiger partial charge >= 0.3 is 0 Å². The lowest BCUT2D eigenvalue weighted by Gasteiger charge is -2.11. The van der Waals surface area contributed by atoms with Gasteiger partial charge < -0.3 is 10.4 Å². The van der Waals surface area contributed by atoms with E-state index in [0.29, 0.717) is 6.54 Å². The van der Waals surface area contributed by atoms with E-state index >= 15 is 0 Å². The molecule has 0 saturated heterocycles. The minimum absolute atomic E-state index is 0.229. The summed E-state index contributed by atoms with van der Waals surface area (Å²) in [6, 6.07) is 2.02. The Morgan fingerprint density at radius 3 is 2.94 bits per heavy atom. The minimum Gasteiger partial charge on any atom is -0.392 e. The van der Waals surface area contributed by atoms with Crippen LogP contribution in [0.4, 0.5) is 0 Å². The Morgan fingerprint density at radius 1 is 1.44 bits per heavy atom. The van der Waals surface area contributed by atoms with Crippen molar-refractivity contribution in [2.75, 3.05) is 6.54 Å². The molecule has 1 atom stereocenters. The summed E-state index contributed by atoms with van der Waals surface area (Å²) in [6.45, 7) is 6.62. The van der Waals surface area contributed by atoms with Crippen molar-refractivity contribution in [1.82, 2.24) is 15.1 Å². The molecule has 4 nitrogen and oxygen atoms in total. The van der Waals surface area contributed by atoms with Crippen LogP contribution in [0.25, 0.3) is 0 Å². The second-order valence-electron chi connectivity index (χ2n) is 4.12. The summed E-state index contributed by atoms with van der Waals surface area (Å²) < 4.78 is 2.01. The van der Waals surface area contributed by atoms with Gasteiger partial charge in [-0.25, -0.2) is 0 Å². The van der Waals surface area contributed by atoms with Gasteiger partial charge in [-0.05, 0) is 18.9 Å². The van der Waals surface area contributed by atoms with Gasteiger partial charge in [0.1, 0.15) is 0 Å². The Labute approximate surface area is 97.7 Å². The Kier molecular flexibility index (Phi) is 6.11. The van der Waals surface area contributed by atoms with E-state index in [4.69, 9.17) is 0 Å². The lowest BCUT2D eigenvalue weighted by molar-refractivity contribution is 0.160. The van der Waals surface area contributed by atoms with E-state index in [2.05, 4.69) is 24.3 Å². The molecule has 1 heterocycles. The van der Waals surface area contributed by atoms with Crippen LogP contribution in [0, 0.1) is 0 Å². The van der Waals surface area contributed by atoms with Crippen LogP contribution in [0.15, 0.2) is 12.3 Å². The smallest absolute Gasteiger partial charge is 0.0664 e. The van der Waals surface area contributed by atoms with Crippen LogP contribution in [-0.4, -0.2) is 27.5 Å². The van der Waals surface area contributed by atoms with Crippen LogP contribution < -0.4 is 5.32 Å². The molecule has 1 unspecified atom stereocenters. The molecule has 92 valence electrons. The van der Waals surface area contributed by atoms with Crippen molar-refractivity contribution >= 4 is 0 Å². The molecule has 0 aliphatic carbocycles. The summed E-state index contributed by atoms with van der Waals surface area (Å²) >= 11 is 0. The highest BCUT2D eigenvalue weighted by Crippen LogP contribution is 2.00. The zero-order chi connectivity index (χ0) is 11.8. The van der Waals surface area contributed by atoms with Gasteiger partial charge in [-0.1, -0.05) is 20.3 Å². The molecule has 0 fully saturated rings. The van der Waals surface area contributed by atoms with Crippen molar-refractivity contribution in [2.45, 2.75) is 52.3 Å². The summed E-state index contributed by atoms with van der Waals surface area (Å²) in [5.41, 5.74) is 1.19. The molecule has 0 aromatic carbocycles. The molecule has 1 aromatic rings. The van der Waals surface area contributed by atoms with Crippen molar-refractivity contribution in [2.24, 2.45) is 0 Å². The maximum Gasteiger partial charge on any atom is 0.0664 e. The summed E-state index contributed by atoms with van der Waals surface area (Å²) in [5.74, 6) is 0. The van der Waals surface area contributed by atoms with Crippen molar-refractivity contribution < 1.29 is 5.11 Å². The number of aliphatic hydroxyl groups is 1. The third kappa shape index (κ3) is 4.33. The van der Waals surface area contributed by atoms with E-state index in [9.17, 15) is 5.11 Å². The molecule has 1 rings (SSSR count). The van der Waals surface area contributed by atoms with Crippen LogP contribution in [0.3, 0.4) is 0 Å². The number of hydrogen-bond acceptors (Lipinski definition) is 3. The average molecular weight is 225 g/mol. The third-order valence-corrected chi connectivity index (χ3v) is 2.55. The standard InChI is InChI=1S/C12H23N3O/c1-3-5-12(16)10-13-9-11-6-7-14-15(11)8-4-2/h6-7,12-13,16H,3-5,8-10H2,1-2H3. The van der Waals surface area contributed by atoms with Gasteiger partial charge in [-0.3, -0.25) is 4.68 Å². The number of aryl methyl sites for hydroxylation is 1. The lowest BCUT2D eigenvalue weighted by Crippen LogP contribution is -2.27. The first-order valence-corrected chi connectivity index (χ1v) is 6.17. The molecule has 0 spiro atoms. The van der Waals surface area contributed by atoms with Crippen LogP contribution in [-0.2, 0) is 13.1 Å². The highest BCUT2D eigenvalue weighted by molar-refractivity contribution is 4.99. The molecule has 1 aromatic heterocycles. The Hall–Kier alpha value is -0.870. The predicted molar refractivity (Wildman–Crippen MR) is 65.1 cm³/mol. The van der Waals surface area contributed by atoms with Crippen molar-refractivity contribution in [3.8, 4) is 0 Å². The highest BCUT2D eigenvalue weighted by atomic mass is 16.3. The quantitative estimate of drug-likeness (QED) is 0.705. The Morgan fingerprint density at radius 2 is 2.25 bits per heavy atom. The van der Waals surface area contributed by atoms with Gasteiger partial charge in [0.15, 0.2) is 0 Å². The van der Waals surface area contributed by atoms with E-state index in [1.54, 1.807) is 0 Å². The molecule has 0 aliphatic rings. The molecule has 2 N–H and O–H groups in total. The summed E-state index contributed by atoms with van der Waals surface area (Å²) in [7, 11) is 0. The molecule has 0 saturated carbocycles. The zero-order valence-corrected chi connectivity index (χ0v) is 10.3. The average Bonchev–Trinajstić information content (AvgIpc) is 2.67. The summed E-state index contributed by atoms with van der Waals surface area (Å²) in [6.07, 6.45) is 4.58. The fraction of sp³-hybridized carbons (Fsp3) is 0.750. The molecule has 0 radical (unpaired) electrons. The molecular weight excluding hydrogens is 202 g/mol.